The Labute approximate surface area is 115 Å². The molecule has 1 aliphatic rings. The number of aliphatic carboxylic acids is 1. The van der Waals surface area contributed by atoms with E-state index in [9.17, 15) is 9.90 Å². The second-order valence-electron chi connectivity index (χ2n) is 6.25. The minimum Gasteiger partial charge on any atom is -0.481 e. The fourth-order valence-corrected chi connectivity index (χ4v) is 3.28. The van der Waals surface area contributed by atoms with Crippen LogP contribution in [0.15, 0.2) is 18.2 Å². The lowest BCUT2D eigenvalue weighted by Crippen LogP contribution is -2.31. The van der Waals surface area contributed by atoms with Crippen molar-refractivity contribution in [2.24, 2.45) is 17.8 Å². The number of rotatable bonds is 3. The van der Waals surface area contributed by atoms with Crippen LogP contribution in [0.25, 0.3) is 0 Å². The van der Waals surface area contributed by atoms with E-state index in [0.717, 1.165) is 25.7 Å². The fourth-order valence-electron chi connectivity index (χ4n) is 3.28. The molecular weight excluding hydrogens is 236 g/mol. The topological polar surface area (TPSA) is 37.3 Å². The largest absolute Gasteiger partial charge is 0.481 e. The van der Waals surface area contributed by atoms with Gasteiger partial charge in [0.15, 0.2) is 0 Å². The lowest BCUT2D eigenvalue weighted by molar-refractivity contribution is -0.145. The van der Waals surface area contributed by atoms with Gasteiger partial charge in [-0.25, -0.2) is 0 Å². The highest BCUT2D eigenvalue weighted by molar-refractivity contribution is 5.70. The standard InChI is InChI=1S/C17H24O2/c1-11-4-7-16(17(18)19)15(8-11)10-14-6-5-12(2)13(3)9-14/h5-6,9,11,15-16H,4,7-8,10H2,1-3H3,(H,18,19). The molecule has 2 nitrogen and oxygen atoms in total. The quantitative estimate of drug-likeness (QED) is 0.892. The summed E-state index contributed by atoms with van der Waals surface area (Å²) in [5.74, 6) is 0.189. The molecule has 0 spiro atoms. The summed E-state index contributed by atoms with van der Waals surface area (Å²) >= 11 is 0. The van der Waals surface area contributed by atoms with Crippen LogP contribution in [0.5, 0.6) is 0 Å². The molecule has 0 aliphatic heterocycles. The van der Waals surface area contributed by atoms with E-state index in [1.807, 2.05) is 0 Å². The zero-order chi connectivity index (χ0) is 14.0. The average molecular weight is 260 g/mol. The van der Waals surface area contributed by atoms with Crippen molar-refractivity contribution in [1.82, 2.24) is 0 Å². The Morgan fingerprint density at radius 3 is 2.63 bits per heavy atom. The summed E-state index contributed by atoms with van der Waals surface area (Å²) in [4.78, 5) is 11.4. The van der Waals surface area contributed by atoms with Gasteiger partial charge in [0.25, 0.3) is 0 Å². The molecule has 1 N–H and O–H groups in total. The number of aryl methyl sites for hydroxylation is 2. The maximum atomic E-state index is 11.4. The molecular formula is C17H24O2. The molecule has 3 atom stereocenters. The molecule has 0 bridgehead atoms. The van der Waals surface area contributed by atoms with Gasteiger partial charge < -0.3 is 5.11 Å². The zero-order valence-corrected chi connectivity index (χ0v) is 12.1. The van der Waals surface area contributed by atoms with Gasteiger partial charge >= 0.3 is 5.97 Å². The molecule has 0 amide bonds. The number of carboxylic acid groups (broad SMARTS) is 1. The Kier molecular flexibility index (Phi) is 4.28. The smallest absolute Gasteiger partial charge is 0.306 e. The molecule has 2 heteroatoms. The minimum atomic E-state index is -0.610. The van der Waals surface area contributed by atoms with Gasteiger partial charge in [0.1, 0.15) is 0 Å². The van der Waals surface area contributed by atoms with Gasteiger partial charge in [-0.1, -0.05) is 25.1 Å². The van der Waals surface area contributed by atoms with Crippen molar-refractivity contribution in [2.75, 3.05) is 0 Å². The van der Waals surface area contributed by atoms with E-state index in [2.05, 4.69) is 39.0 Å². The van der Waals surface area contributed by atoms with Crippen LogP contribution in [0.1, 0.15) is 42.9 Å². The zero-order valence-electron chi connectivity index (χ0n) is 12.1. The van der Waals surface area contributed by atoms with Crippen LogP contribution < -0.4 is 0 Å². The van der Waals surface area contributed by atoms with Crippen molar-refractivity contribution in [1.29, 1.82) is 0 Å². The van der Waals surface area contributed by atoms with Crippen molar-refractivity contribution in [2.45, 2.75) is 46.5 Å². The van der Waals surface area contributed by atoms with Crippen LogP contribution in [0.4, 0.5) is 0 Å². The van der Waals surface area contributed by atoms with Crippen LogP contribution in [0.2, 0.25) is 0 Å². The highest BCUT2D eigenvalue weighted by atomic mass is 16.4. The van der Waals surface area contributed by atoms with Crippen molar-refractivity contribution in [3.05, 3.63) is 34.9 Å². The summed E-state index contributed by atoms with van der Waals surface area (Å²) in [6, 6.07) is 6.51. The third-order valence-corrected chi connectivity index (χ3v) is 4.63. The molecule has 0 heterocycles. The van der Waals surface area contributed by atoms with Crippen LogP contribution in [0.3, 0.4) is 0 Å². The van der Waals surface area contributed by atoms with Gasteiger partial charge in [0, 0.05) is 0 Å². The third kappa shape index (κ3) is 3.37. The second-order valence-corrected chi connectivity index (χ2v) is 6.25. The SMILES string of the molecule is Cc1ccc(CC2CC(C)CCC2C(=O)O)cc1C. The molecule has 19 heavy (non-hydrogen) atoms. The van der Waals surface area contributed by atoms with Gasteiger partial charge in [-0.15, -0.1) is 0 Å². The Morgan fingerprint density at radius 2 is 2.00 bits per heavy atom. The summed E-state index contributed by atoms with van der Waals surface area (Å²) < 4.78 is 0. The van der Waals surface area contributed by atoms with E-state index in [0.29, 0.717) is 11.8 Å². The van der Waals surface area contributed by atoms with E-state index < -0.39 is 5.97 Å². The molecule has 1 aliphatic carbocycles. The lowest BCUT2D eigenvalue weighted by Gasteiger charge is -2.32. The summed E-state index contributed by atoms with van der Waals surface area (Å²) in [6.07, 6.45) is 3.85. The number of hydrogen-bond acceptors (Lipinski definition) is 1. The van der Waals surface area contributed by atoms with Gasteiger partial charge in [-0.05, 0) is 68.1 Å². The monoisotopic (exact) mass is 260 g/mol. The number of hydrogen-bond donors (Lipinski definition) is 1. The van der Waals surface area contributed by atoms with Gasteiger partial charge in [0.2, 0.25) is 0 Å². The maximum Gasteiger partial charge on any atom is 0.306 e. The molecule has 0 radical (unpaired) electrons. The van der Waals surface area contributed by atoms with Gasteiger partial charge in [-0.2, -0.15) is 0 Å². The van der Waals surface area contributed by atoms with E-state index >= 15 is 0 Å². The van der Waals surface area contributed by atoms with Gasteiger partial charge in [-0.3, -0.25) is 4.79 Å². The van der Waals surface area contributed by atoms with Crippen LogP contribution >= 0.6 is 0 Å². The average Bonchev–Trinajstić information content (AvgIpc) is 2.33. The summed E-state index contributed by atoms with van der Waals surface area (Å²) in [5, 5.41) is 9.37. The van der Waals surface area contributed by atoms with E-state index in [1.54, 1.807) is 0 Å². The van der Waals surface area contributed by atoms with Crippen molar-refractivity contribution < 1.29 is 9.90 Å². The Bertz CT molecular complexity index is 464. The molecule has 1 fully saturated rings. The summed E-state index contributed by atoms with van der Waals surface area (Å²) in [7, 11) is 0. The number of carbonyl (C=O) groups is 1. The molecule has 104 valence electrons. The van der Waals surface area contributed by atoms with Crippen LogP contribution in [0, 0.1) is 31.6 Å². The molecule has 1 aromatic rings. The number of benzene rings is 1. The van der Waals surface area contributed by atoms with Crippen molar-refractivity contribution >= 4 is 5.97 Å². The Balaban J connectivity index is 2.13. The first-order valence-corrected chi connectivity index (χ1v) is 7.26. The molecule has 3 unspecified atom stereocenters. The molecule has 0 aromatic heterocycles. The van der Waals surface area contributed by atoms with Gasteiger partial charge in [0.05, 0.1) is 5.92 Å². The molecule has 1 saturated carbocycles. The van der Waals surface area contributed by atoms with E-state index in [1.165, 1.54) is 16.7 Å². The third-order valence-electron chi connectivity index (χ3n) is 4.63. The first-order valence-electron chi connectivity index (χ1n) is 7.26. The van der Waals surface area contributed by atoms with Crippen molar-refractivity contribution in [3.8, 4) is 0 Å². The number of carboxylic acids is 1. The normalized spacial score (nSPS) is 27.2. The van der Waals surface area contributed by atoms with E-state index in [4.69, 9.17) is 0 Å². The molecule has 1 aromatic carbocycles. The second kappa shape index (κ2) is 5.77. The van der Waals surface area contributed by atoms with Crippen LogP contribution in [-0.4, -0.2) is 11.1 Å². The Hall–Kier alpha value is -1.31. The van der Waals surface area contributed by atoms with Crippen molar-refractivity contribution in [3.63, 3.8) is 0 Å². The van der Waals surface area contributed by atoms with Crippen LogP contribution in [-0.2, 0) is 11.2 Å². The summed E-state index contributed by atoms with van der Waals surface area (Å²) in [5.41, 5.74) is 3.89. The molecule has 0 saturated heterocycles. The fraction of sp³-hybridized carbons (Fsp3) is 0.588. The minimum absolute atomic E-state index is 0.155. The predicted molar refractivity (Wildman–Crippen MR) is 77.3 cm³/mol. The first-order chi connectivity index (χ1) is 8.97. The predicted octanol–water partition coefficient (Wildman–Crippen LogP) is 3.98. The first kappa shape index (κ1) is 14.1. The lowest BCUT2D eigenvalue weighted by atomic mass is 9.72. The highest BCUT2D eigenvalue weighted by Crippen LogP contribution is 2.36. The summed E-state index contributed by atoms with van der Waals surface area (Å²) in [6.45, 7) is 6.48. The highest BCUT2D eigenvalue weighted by Gasteiger charge is 2.33. The molecule has 2 rings (SSSR count). The Morgan fingerprint density at radius 1 is 1.26 bits per heavy atom. The maximum absolute atomic E-state index is 11.4. The van der Waals surface area contributed by atoms with E-state index in [-0.39, 0.29) is 5.92 Å².